The van der Waals surface area contributed by atoms with Crippen LogP contribution in [0.5, 0.6) is 5.75 Å². The van der Waals surface area contributed by atoms with Crippen molar-refractivity contribution < 1.29 is 19.1 Å². The minimum atomic E-state index is -1.01. The maximum atomic E-state index is 13.0. The summed E-state index contributed by atoms with van der Waals surface area (Å²) < 4.78 is 6.19. The lowest BCUT2D eigenvalue weighted by Gasteiger charge is -2.41. The number of carbonyl (C=O) groups excluding carboxylic acids is 3. The fraction of sp³-hybridized carbons (Fsp3) is 0.211. The van der Waals surface area contributed by atoms with Gasteiger partial charge >= 0.3 is 5.97 Å². The zero-order valence-corrected chi connectivity index (χ0v) is 14.9. The Hall–Kier alpha value is -2.47. The molecular weight excluding hydrogens is 386 g/mol. The van der Waals surface area contributed by atoms with Crippen LogP contribution in [0, 0.1) is 11.8 Å². The number of rotatable bonds is 1. The van der Waals surface area contributed by atoms with Gasteiger partial charge < -0.3 is 4.74 Å². The Kier molecular flexibility index (Phi) is 3.72. The first kappa shape index (κ1) is 16.0. The molecule has 5 nitrogen and oxygen atoms in total. The molecule has 1 fully saturated rings. The Balaban J connectivity index is 1.81. The molecular formula is C19H14BrNO4. The molecule has 0 N–H and O–H groups in total. The van der Waals surface area contributed by atoms with Crippen molar-refractivity contribution in [3.05, 3.63) is 58.6 Å². The number of ether oxygens (including phenoxy) is 1. The summed E-state index contributed by atoms with van der Waals surface area (Å²) in [6.07, 6.45) is 0. The highest BCUT2D eigenvalue weighted by atomic mass is 79.9. The fourth-order valence-electron chi connectivity index (χ4n) is 3.61. The summed E-state index contributed by atoms with van der Waals surface area (Å²) in [5.74, 6) is -3.03. The SMILES string of the molecule is C[C@@H]1C(=O)N(c2ccc(Br)cc2)C(=O)[C@@H]2C(=O)Oc3ccccc3[C@H]21. The van der Waals surface area contributed by atoms with Crippen molar-refractivity contribution in [2.75, 3.05) is 4.90 Å². The van der Waals surface area contributed by atoms with Crippen molar-refractivity contribution >= 4 is 39.4 Å². The van der Waals surface area contributed by atoms with E-state index in [0.29, 0.717) is 11.4 Å². The van der Waals surface area contributed by atoms with Crippen LogP contribution in [0.1, 0.15) is 18.4 Å². The second kappa shape index (κ2) is 5.81. The second-order valence-electron chi connectivity index (χ2n) is 6.24. The highest BCUT2D eigenvalue weighted by molar-refractivity contribution is 9.10. The topological polar surface area (TPSA) is 63.7 Å². The van der Waals surface area contributed by atoms with Gasteiger partial charge in [-0.25, -0.2) is 4.90 Å². The Morgan fingerprint density at radius 3 is 2.36 bits per heavy atom. The van der Waals surface area contributed by atoms with Gasteiger partial charge in [-0.2, -0.15) is 0 Å². The van der Waals surface area contributed by atoms with Gasteiger partial charge in [-0.05, 0) is 30.3 Å². The van der Waals surface area contributed by atoms with Crippen LogP contribution in [0.4, 0.5) is 5.69 Å². The third-order valence-electron chi connectivity index (χ3n) is 4.82. The molecule has 2 amide bonds. The minimum Gasteiger partial charge on any atom is -0.426 e. The van der Waals surface area contributed by atoms with E-state index in [-0.39, 0.29) is 5.91 Å². The molecule has 2 aliphatic rings. The average molecular weight is 400 g/mol. The van der Waals surface area contributed by atoms with E-state index in [1.807, 2.05) is 12.1 Å². The molecule has 2 aromatic rings. The number of hydrogen-bond acceptors (Lipinski definition) is 4. The molecule has 6 heteroatoms. The van der Waals surface area contributed by atoms with Gasteiger partial charge in [-0.3, -0.25) is 14.4 Å². The molecule has 0 aliphatic carbocycles. The van der Waals surface area contributed by atoms with E-state index in [1.54, 1.807) is 43.3 Å². The summed E-state index contributed by atoms with van der Waals surface area (Å²) in [7, 11) is 0. The summed E-state index contributed by atoms with van der Waals surface area (Å²) in [5.41, 5.74) is 1.19. The van der Waals surface area contributed by atoms with Crippen LogP contribution in [0.25, 0.3) is 0 Å². The van der Waals surface area contributed by atoms with Crippen LogP contribution in [-0.2, 0) is 14.4 Å². The fourth-order valence-corrected chi connectivity index (χ4v) is 3.87. The maximum absolute atomic E-state index is 13.0. The Bertz CT molecular complexity index is 893. The van der Waals surface area contributed by atoms with E-state index < -0.39 is 29.6 Å². The molecule has 0 unspecified atom stereocenters. The first-order valence-electron chi connectivity index (χ1n) is 7.93. The molecule has 2 aromatic carbocycles. The molecule has 25 heavy (non-hydrogen) atoms. The summed E-state index contributed by atoms with van der Waals surface area (Å²) in [4.78, 5) is 39.5. The zero-order valence-electron chi connectivity index (χ0n) is 13.3. The van der Waals surface area contributed by atoms with E-state index in [0.717, 1.165) is 14.9 Å². The number of hydrogen-bond donors (Lipinski definition) is 0. The van der Waals surface area contributed by atoms with E-state index >= 15 is 0 Å². The standard InChI is InChI=1S/C19H14BrNO4/c1-10-15-13-4-2-3-5-14(13)25-19(24)16(15)18(23)21(17(10)22)12-8-6-11(20)7-9-12/h2-10,15-16H,1H3/t10-,15+,16+/m0/s1. The zero-order chi connectivity index (χ0) is 17.7. The minimum absolute atomic E-state index is 0.307. The lowest BCUT2D eigenvalue weighted by molar-refractivity contribution is -0.151. The Morgan fingerprint density at radius 1 is 0.960 bits per heavy atom. The molecule has 0 bridgehead atoms. The van der Waals surface area contributed by atoms with E-state index in [4.69, 9.17) is 4.74 Å². The number of para-hydroxylation sites is 1. The molecule has 0 aromatic heterocycles. The molecule has 2 aliphatic heterocycles. The van der Waals surface area contributed by atoms with Gasteiger partial charge in [-0.15, -0.1) is 0 Å². The Morgan fingerprint density at radius 2 is 1.64 bits per heavy atom. The molecule has 3 atom stereocenters. The van der Waals surface area contributed by atoms with Crippen molar-refractivity contribution in [2.24, 2.45) is 11.8 Å². The van der Waals surface area contributed by atoms with Crippen molar-refractivity contribution in [3.8, 4) is 5.75 Å². The second-order valence-corrected chi connectivity index (χ2v) is 7.16. The predicted molar refractivity (Wildman–Crippen MR) is 94.1 cm³/mol. The normalized spacial score (nSPS) is 25.3. The lowest BCUT2D eigenvalue weighted by atomic mass is 9.72. The number of carbonyl (C=O) groups is 3. The lowest BCUT2D eigenvalue weighted by Crippen LogP contribution is -2.57. The van der Waals surface area contributed by atoms with E-state index in [1.165, 1.54) is 0 Å². The Labute approximate surface area is 152 Å². The van der Waals surface area contributed by atoms with Crippen molar-refractivity contribution in [2.45, 2.75) is 12.8 Å². The number of halogens is 1. The van der Waals surface area contributed by atoms with Crippen LogP contribution < -0.4 is 9.64 Å². The molecule has 0 spiro atoms. The summed E-state index contributed by atoms with van der Waals surface area (Å²) >= 11 is 3.33. The number of piperidine rings is 1. The summed E-state index contributed by atoms with van der Waals surface area (Å²) in [5, 5.41) is 0. The van der Waals surface area contributed by atoms with E-state index in [9.17, 15) is 14.4 Å². The van der Waals surface area contributed by atoms with Crippen molar-refractivity contribution in [1.82, 2.24) is 0 Å². The summed E-state index contributed by atoms with van der Waals surface area (Å²) in [6.45, 7) is 1.76. The number of nitrogens with zero attached hydrogens (tertiary/aromatic N) is 1. The van der Waals surface area contributed by atoms with Crippen LogP contribution in [-0.4, -0.2) is 17.8 Å². The van der Waals surface area contributed by atoms with Gasteiger partial charge in [0.15, 0.2) is 0 Å². The third kappa shape index (κ3) is 2.40. The first-order valence-corrected chi connectivity index (χ1v) is 8.72. The van der Waals surface area contributed by atoms with Crippen LogP contribution in [0.15, 0.2) is 53.0 Å². The third-order valence-corrected chi connectivity index (χ3v) is 5.35. The molecule has 2 heterocycles. The number of imide groups is 1. The van der Waals surface area contributed by atoms with Crippen molar-refractivity contribution in [1.29, 1.82) is 0 Å². The maximum Gasteiger partial charge on any atom is 0.324 e. The monoisotopic (exact) mass is 399 g/mol. The van der Waals surface area contributed by atoms with Crippen LogP contribution in [0.3, 0.4) is 0 Å². The highest BCUT2D eigenvalue weighted by Crippen LogP contribution is 2.46. The number of amides is 2. The first-order chi connectivity index (χ1) is 12.0. The molecule has 0 saturated carbocycles. The van der Waals surface area contributed by atoms with Gasteiger partial charge in [-0.1, -0.05) is 41.1 Å². The van der Waals surface area contributed by atoms with Gasteiger partial charge in [0.1, 0.15) is 11.7 Å². The highest BCUT2D eigenvalue weighted by Gasteiger charge is 2.54. The number of benzene rings is 2. The van der Waals surface area contributed by atoms with Crippen LogP contribution >= 0.6 is 15.9 Å². The van der Waals surface area contributed by atoms with Crippen molar-refractivity contribution in [3.63, 3.8) is 0 Å². The molecule has 0 radical (unpaired) electrons. The van der Waals surface area contributed by atoms with E-state index in [2.05, 4.69) is 15.9 Å². The smallest absolute Gasteiger partial charge is 0.324 e. The van der Waals surface area contributed by atoms with Gasteiger partial charge in [0.05, 0.1) is 5.69 Å². The summed E-state index contributed by atoms with van der Waals surface area (Å²) in [6, 6.07) is 13.9. The predicted octanol–water partition coefficient (Wildman–Crippen LogP) is 3.28. The quantitative estimate of drug-likeness (QED) is 0.319. The number of fused-ring (bicyclic) bond motifs is 3. The van der Waals surface area contributed by atoms with Gasteiger partial charge in [0.25, 0.3) is 0 Å². The van der Waals surface area contributed by atoms with Crippen LogP contribution in [0.2, 0.25) is 0 Å². The average Bonchev–Trinajstić information content (AvgIpc) is 2.60. The molecule has 126 valence electrons. The molecule has 4 rings (SSSR count). The number of anilines is 1. The number of esters is 1. The largest absolute Gasteiger partial charge is 0.426 e. The van der Waals surface area contributed by atoms with Gasteiger partial charge in [0, 0.05) is 21.9 Å². The molecule has 1 saturated heterocycles. The van der Waals surface area contributed by atoms with Gasteiger partial charge in [0.2, 0.25) is 11.8 Å².